The molecule has 0 fully saturated rings. The number of nitrogens with zero attached hydrogens (tertiary/aromatic N) is 4. The summed E-state index contributed by atoms with van der Waals surface area (Å²) in [5.41, 5.74) is 3.51. The van der Waals surface area contributed by atoms with Crippen molar-refractivity contribution in [1.82, 2.24) is 19.9 Å². The Morgan fingerprint density at radius 3 is 2.59 bits per heavy atom. The number of aromatic nitrogens is 3. The molecular formula is C25H20ClF3N4O. The van der Waals surface area contributed by atoms with Crippen LogP contribution in [0.5, 0.6) is 5.75 Å². The third kappa shape index (κ3) is 4.56. The third-order valence-corrected chi connectivity index (χ3v) is 6.25. The zero-order valence-electron chi connectivity index (χ0n) is 18.2. The number of fused-ring (bicyclic) bond motifs is 2. The Labute approximate surface area is 199 Å². The van der Waals surface area contributed by atoms with Crippen molar-refractivity contribution in [2.75, 3.05) is 13.7 Å². The van der Waals surface area contributed by atoms with Gasteiger partial charge in [0.1, 0.15) is 10.9 Å². The first-order valence-corrected chi connectivity index (χ1v) is 11.1. The van der Waals surface area contributed by atoms with Gasteiger partial charge in [0, 0.05) is 54.3 Å². The SMILES string of the molecule is COc1ccc2nc(Cl)c(CN3CCc4nc(-c5ccc(C(F)(F)F)cc5)ncc4C3)cc2c1. The number of benzene rings is 2. The molecule has 0 unspecified atom stereocenters. The summed E-state index contributed by atoms with van der Waals surface area (Å²) in [4.78, 5) is 15.8. The number of pyridine rings is 1. The van der Waals surface area contributed by atoms with Crippen LogP contribution in [0.15, 0.2) is 54.7 Å². The first-order chi connectivity index (χ1) is 16.3. The zero-order valence-corrected chi connectivity index (χ0v) is 19.0. The van der Waals surface area contributed by atoms with Crippen LogP contribution >= 0.6 is 11.6 Å². The van der Waals surface area contributed by atoms with Gasteiger partial charge in [0.25, 0.3) is 0 Å². The second-order valence-electron chi connectivity index (χ2n) is 8.20. The fourth-order valence-corrected chi connectivity index (χ4v) is 4.32. The Morgan fingerprint density at radius 1 is 1.06 bits per heavy atom. The largest absolute Gasteiger partial charge is 0.497 e. The maximum absolute atomic E-state index is 12.8. The molecule has 1 aliphatic heterocycles. The lowest BCUT2D eigenvalue weighted by Crippen LogP contribution is -2.31. The molecule has 1 aliphatic rings. The van der Waals surface area contributed by atoms with Crippen molar-refractivity contribution >= 4 is 22.5 Å². The van der Waals surface area contributed by atoms with E-state index in [1.165, 1.54) is 12.1 Å². The molecule has 0 saturated heterocycles. The molecule has 174 valence electrons. The van der Waals surface area contributed by atoms with Crippen LogP contribution in [0.3, 0.4) is 0 Å². The van der Waals surface area contributed by atoms with Gasteiger partial charge in [-0.25, -0.2) is 15.0 Å². The van der Waals surface area contributed by atoms with Crippen LogP contribution in [-0.2, 0) is 25.7 Å². The number of ether oxygens (including phenoxy) is 1. The molecule has 0 saturated carbocycles. The molecule has 0 N–H and O–H groups in total. The van der Waals surface area contributed by atoms with Crippen molar-refractivity contribution in [2.24, 2.45) is 0 Å². The third-order valence-electron chi connectivity index (χ3n) is 5.93. The van der Waals surface area contributed by atoms with Gasteiger partial charge in [-0.3, -0.25) is 4.90 Å². The smallest absolute Gasteiger partial charge is 0.416 e. The average molecular weight is 485 g/mol. The fraction of sp³-hybridized carbons (Fsp3) is 0.240. The molecule has 2 aromatic heterocycles. The van der Waals surface area contributed by atoms with Crippen molar-refractivity contribution < 1.29 is 17.9 Å². The summed E-state index contributed by atoms with van der Waals surface area (Å²) in [6, 6.07) is 12.6. The molecule has 9 heteroatoms. The van der Waals surface area contributed by atoms with E-state index in [1.54, 1.807) is 13.3 Å². The van der Waals surface area contributed by atoms with Crippen molar-refractivity contribution in [1.29, 1.82) is 0 Å². The Hall–Kier alpha value is -3.23. The normalized spacial score (nSPS) is 14.3. The van der Waals surface area contributed by atoms with E-state index in [0.29, 0.717) is 36.1 Å². The van der Waals surface area contributed by atoms with Gasteiger partial charge >= 0.3 is 6.18 Å². The molecule has 0 spiro atoms. The molecule has 0 radical (unpaired) electrons. The van der Waals surface area contributed by atoms with Gasteiger partial charge in [-0.15, -0.1) is 0 Å². The maximum atomic E-state index is 12.8. The Balaban J connectivity index is 1.33. The number of halogens is 4. The van der Waals surface area contributed by atoms with Gasteiger partial charge in [-0.05, 0) is 36.4 Å². The predicted molar refractivity (Wildman–Crippen MR) is 124 cm³/mol. The van der Waals surface area contributed by atoms with Gasteiger partial charge in [-0.2, -0.15) is 13.2 Å². The van der Waals surface area contributed by atoms with E-state index < -0.39 is 11.7 Å². The van der Waals surface area contributed by atoms with E-state index >= 15 is 0 Å². The lowest BCUT2D eigenvalue weighted by molar-refractivity contribution is -0.137. The number of hydrogen-bond donors (Lipinski definition) is 0. The highest BCUT2D eigenvalue weighted by molar-refractivity contribution is 6.30. The van der Waals surface area contributed by atoms with E-state index in [2.05, 4.69) is 19.9 Å². The van der Waals surface area contributed by atoms with Gasteiger partial charge < -0.3 is 4.74 Å². The van der Waals surface area contributed by atoms with Crippen molar-refractivity contribution in [3.05, 3.63) is 82.3 Å². The molecule has 5 rings (SSSR count). The maximum Gasteiger partial charge on any atom is 0.416 e. The highest BCUT2D eigenvalue weighted by Crippen LogP contribution is 2.31. The van der Waals surface area contributed by atoms with E-state index in [-0.39, 0.29) is 0 Å². The average Bonchev–Trinajstić information content (AvgIpc) is 2.83. The highest BCUT2D eigenvalue weighted by Gasteiger charge is 2.30. The monoisotopic (exact) mass is 484 g/mol. The molecule has 5 nitrogen and oxygen atoms in total. The highest BCUT2D eigenvalue weighted by atomic mass is 35.5. The fourth-order valence-electron chi connectivity index (χ4n) is 4.11. The number of methoxy groups -OCH3 is 1. The van der Waals surface area contributed by atoms with Gasteiger partial charge in [0.05, 0.1) is 23.9 Å². The molecule has 0 aliphatic carbocycles. The van der Waals surface area contributed by atoms with Crippen LogP contribution in [-0.4, -0.2) is 33.5 Å². The van der Waals surface area contributed by atoms with E-state index in [0.717, 1.165) is 52.2 Å². The minimum absolute atomic E-state index is 0.427. The van der Waals surface area contributed by atoms with Crippen LogP contribution in [0.25, 0.3) is 22.3 Å². The first-order valence-electron chi connectivity index (χ1n) is 10.7. The quantitative estimate of drug-likeness (QED) is 0.336. The topological polar surface area (TPSA) is 51.1 Å². The summed E-state index contributed by atoms with van der Waals surface area (Å²) in [7, 11) is 1.63. The van der Waals surface area contributed by atoms with E-state index in [9.17, 15) is 13.2 Å². The summed E-state index contributed by atoms with van der Waals surface area (Å²) in [6.45, 7) is 2.04. The van der Waals surface area contributed by atoms with E-state index in [1.807, 2.05) is 24.3 Å². The molecule has 0 amide bonds. The Morgan fingerprint density at radius 2 is 1.85 bits per heavy atom. The van der Waals surface area contributed by atoms with Crippen LogP contribution < -0.4 is 4.74 Å². The minimum atomic E-state index is -4.37. The molecule has 0 bridgehead atoms. The van der Waals surface area contributed by atoms with Gasteiger partial charge in [0.15, 0.2) is 5.82 Å². The zero-order chi connectivity index (χ0) is 23.9. The van der Waals surface area contributed by atoms with Crippen molar-refractivity contribution in [3.8, 4) is 17.1 Å². The minimum Gasteiger partial charge on any atom is -0.497 e. The predicted octanol–water partition coefficient (Wildman–Crippen LogP) is 5.93. The Kier molecular flexibility index (Phi) is 5.87. The molecular weight excluding hydrogens is 465 g/mol. The van der Waals surface area contributed by atoms with Gasteiger partial charge in [0.2, 0.25) is 0 Å². The standard InChI is InChI=1S/C25H20ClF3N4O/c1-34-20-6-7-21-16(11-20)10-17(23(26)31-21)13-33-9-8-22-18(14-33)12-30-24(32-22)15-2-4-19(5-3-15)25(27,28)29/h2-7,10-12H,8-9,13-14H2,1H3. The number of rotatable bonds is 4. The second kappa shape index (κ2) is 8.85. The van der Waals surface area contributed by atoms with Gasteiger partial charge in [-0.1, -0.05) is 23.7 Å². The molecule has 34 heavy (non-hydrogen) atoms. The summed E-state index contributed by atoms with van der Waals surface area (Å²) in [6.07, 6.45) is -1.90. The molecule has 0 atom stereocenters. The summed E-state index contributed by atoms with van der Waals surface area (Å²) in [5, 5.41) is 1.43. The molecule has 4 aromatic rings. The van der Waals surface area contributed by atoms with Crippen LogP contribution in [0, 0.1) is 0 Å². The number of alkyl halides is 3. The van der Waals surface area contributed by atoms with Crippen LogP contribution in [0.2, 0.25) is 5.15 Å². The molecule has 2 aromatic carbocycles. The summed E-state index contributed by atoms with van der Waals surface area (Å²) < 4.78 is 43.8. The van der Waals surface area contributed by atoms with Crippen LogP contribution in [0.4, 0.5) is 13.2 Å². The van der Waals surface area contributed by atoms with Crippen molar-refractivity contribution in [2.45, 2.75) is 25.7 Å². The first kappa shape index (κ1) is 22.6. The molecule has 3 heterocycles. The summed E-state index contributed by atoms with van der Waals surface area (Å²) >= 11 is 6.46. The van der Waals surface area contributed by atoms with E-state index in [4.69, 9.17) is 16.3 Å². The lowest BCUT2D eigenvalue weighted by atomic mass is 10.1. The van der Waals surface area contributed by atoms with Crippen LogP contribution in [0.1, 0.15) is 22.4 Å². The summed E-state index contributed by atoms with van der Waals surface area (Å²) in [5.74, 6) is 1.19. The lowest BCUT2D eigenvalue weighted by Gasteiger charge is -2.28. The second-order valence-corrected chi connectivity index (χ2v) is 8.56. The number of hydrogen-bond acceptors (Lipinski definition) is 5. The Bertz CT molecular complexity index is 1360. The van der Waals surface area contributed by atoms with Crippen molar-refractivity contribution in [3.63, 3.8) is 0 Å².